The molecule has 17 heavy (non-hydrogen) atoms. The van der Waals surface area contributed by atoms with Crippen molar-refractivity contribution in [1.29, 1.82) is 0 Å². The van der Waals surface area contributed by atoms with Gasteiger partial charge in [0.1, 0.15) is 0 Å². The molecule has 4 nitrogen and oxygen atoms in total. The van der Waals surface area contributed by atoms with E-state index < -0.39 is 0 Å². The molecule has 0 spiro atoms. The fourth-order valence-corrected chi connectivity index (χ4v) is 3.01. The molecule has 96 valence electrons. The van der Waals surface area contributed by atoms with E-state index in [-0.39, 0.29) is 5.60 Å². The van der Waals surface area contributed by atoms with Gasteiger partial charge in [-0.25, -0.2) is 0 Å². The summed E-state index contributed by atoms with van der Waals surface area (Å²) in [6.07, 6.45) is 4.10. The summed E-state index contributed by atoms with van der Waals surface area (Å²) in [5.41, 5.74) is 0.0197. The first-order valence-corrected chi connectivity index (χ1v) is 7.18. The smallest absolute Gasteiger partial charge is 0.186 e. The number of hydrogen-bond donors (Lipinski definition) is 1. The van der Waals surface area contributed by atoms with Gasteiger partial charge in [0.25, 0.3) is 0 Å². The molecule has 6 heteroatoms. The Morgan fingerprint density at radius 1 is 1.47 bits per heavy atom. The molecule has 0 aromatic carbocycles. The Hall–Kier alpha value is -0.390. The van der Waals surface area contributed by atoms with Gasteiger partial charge in [-0.3, -0.25) is 0 Å². The van der Waals surface area contributed by atoms with Gasteiger partial charge in [-0.2, -0.15) is 8.75 Å². The lowest BCUT2D eigenvalue weighted by Gasteiger charge is -2.40. The number of aromatic nitrogens is 2. The van der Waals surface area contributed by atoms with Crippen molar-refractivity contribution in [1.82, 2.24) is 8.75 Å². The molecule has 1 N–H and O–H groups in total. The number of nitrogens with one attached hydrogen (secondary N) is 1. The number of anilines is 1. The molecule has 0 saturated carbocycles. The van der Waals surface area contributed by atoms with Gasteiger partial charge in [-0.1, -0.05) is 25.4 Å². The fraction of sp³-hybridized carbons (Fsp3) is 0.818. The summed E-state index contributed by atoms with van der Waals surface area (Å²) in [5.74, 6) is 0.713. The minimum absolute atomic E-state index is 0.0197. The van der Waals surface area contributed by atoms with Crippen LogP contribution in [0, 0.1) is 0 Å². The molecule has 0 aliphatic carbocycles. The summed E-state index contributed by atoms with van der Waals surface area (Å²) in [6, 6.07) is 0.380. The summed E-state index contributed by atoms with van der Waals surface area (Å²) in [7, 11) is 0. The molecular weight excluding hydrogens is 258 g/mol. The predicted octanol–water partition coefficient (Wildman–Crippen LogP) is 3.34. The number of ether oxygens (including phenoxy) is 1. The van der Waals surface area contributed by atoms with Crippen molar-refractivity contribution >= 4 is 29.1 Å². The van der Waals surface area contributed by atoms with Crippen LogP contribution in [-0.4, -0.2) is 27.0 Å². The molecule has 1 fully saturated rings. The van der Waals surface area contributed by atoms with E-state index in [9.17, 15) is 0 Å². The van der Waals surface area contributed by atoms with Crippen molar-refractivity contribution in [3.05, 3.63) is 5.15 Å². The van der Waals surface area contributed by atoms with Gasteiger partial charge in [0.2, 0.25) is 0 Å². The highest BCUT2D eigenvalue weighted by Gasteiger charge is 2.34. The molecule has 1 unspecified atom stereocenters. The van der Waals surface area contributed by atoms with Crippen LogP contribution in [0.15, 0.2) is 0 Å². The molecule has 0 amide bonds. The Bertz CT molecular complexity index is 367. The van der Waals surface area contributed by atoms with Crippen molar-refractivity contribution < 1.29 is 4.74 Å². The molecule has 1 saturated heterocycles. The minimum atomic E-state index is 0.0197. The van der Waals surface area contributed by atoms with Crippen LogP contribution in [0.25, 0.3) is 0 Å². The van der Waals surface area contributed by atoms with Crippen LogP contribution in [0.4, 0.5) is 5.82 Å². The molecule has 0 radical (unpaired) electrons. The summed E-state index contributed by atoms with van der Waals surface area (Å²) >= 11 is 7.08. The van der Waals surface area contributed by atoms with E-state index in [1.807, 2.05) is 0 Å². The lowest BCUT2D eigenvalue weighted by molar-refractivity contribution is -0.0864. The van der Waals surface area contributed by atoms with Crippen LogP contribution < -0.4 is 5.32 Å². The van der Waals surface area contributed by atoms with Crippen LogP contribution >= 0.6 is 23.3 Å². The van der Waals surface area contributed by atoms with Crippen molar-refractivity contribution in [2.24, 2.45) is 0 Å². The van der Waals surface area contributed by atoms with Gasteiger partial charge in [0.05, 0.1) is 17.3 Å². The zero-order valence-electron chi connectivity index (χ0n) is 10.2. The lowest BCUT2D eigenvalue weighted by atomic mass is 9.86. The predicted molar refractivity (Wildman–Crippen MR) is 70.8 cm³/mol. The highest BCUT2D eigenvalue weighted by Crippen LogP contribution is 2.33. The molecule has 1 atom stereocenters. The Labute approximate surface area is 111 Å². The summed E-state index contributed by atoms with van der Waals surface area (Å²) < 4.78 is 14.1. The highest BCUT2D eigenvalue weighted by atomic mass is 35.5. The molecular formula is C11H18ClN3OS. The summed E-state index contributed by atoms with van der Waals surface area (Å²) in [4.78, 5) is 0. The van der Waals surface area contributed by atoms with E-state index in [1.54, 1.807) is 0 Å². The zero-order valence-corrected chi connectivity index (χ0v) is 11.8. The molecule has 2 heterocycles. The highest BCUT2D eigenvalue weighted by molar-refractivity contribution is 6.99. The first kappa shape index (κ1) is 13.1. The number of rotatable bonds is 4. The topological polar surface area (TPSA) is 47.0 Å². The third-order valence-corrected chi connectivity index (χ3v) is 4.46. The van der Waals surface area contributed by atoms with E-state index in [1.165, 1.54) is 0 Å². The lowest BCUT2D eigenvalue weighted by Crippen LogP contribution is -2.43. The second kappa shape index (κ2) is 5.50. The van der Waals surface area contributed by atoms with Crippen molar-refractivity contribution in [2.45, 2.75) is 51.2 Å². The summed E-state index contributed by atoms with van der Waals surface area (Å²) in [5, 5.41) is 3.85. The fourth-order valence-electron chi connectivity index (χ4n) is 2.35. The largest absolute Gasteiger partial charge is 0.375 e. The number of nitrogens with zero attached hydrogens (tertiary/aromatic N) is 2. The third kappa shape index (κ3) is 2.89. The Morgan fingerprint density at radius 2 is 2.24 bits per heavy atom. The van der Waals surface area contributed by atoms with Crippen LogP contribution in [0.3, 0.4) is 0 Å². The van der Waals surface area contributed by atoms with E-state index >= 15 is 0 Å². The van der Waals surface area contributed by atoms with Gasteiger partial charge in [0, 0.05) is 12.6 Å². The first-order valence-electron chi connectivity index (χ1n) is 6.07. The average Bonchev–Trinajstić information content (AvgIpc) is 2.75. The second-order valence-corrected chi connectivity index (χ2v) is 5.36. The molecule has 1 aliphatic heterocycles. The normalized spacial score (nSPS) is 23.6. The Balaban J connectivity index is 2.00. The van der Waals surface area contributed by atoms with Gasteiger partial charge in [0.15, 0.2) is 11.0 Å². The van der Waals surface area contributed by atoms with Gasteiger partial charge >= 0.3 is 0 Å². The number of hydrogen-bond acceptors (Lipinski definition) is 5. The zero-order chi connectivity index (χ0) is 12.3. The monoisotopic (exact) mass is 275 g/mol. The van der Waals surface area contributed by atoms with Gasteiger partial charge in [-0.15, -0.1) is 0 Å². The summed E-state index contributed by atoms with van der Waals surface area (Å²) in [6.45, 7) is 5.17. The SMILES string of the molecule is CCC1(CC)CC(Nc2nsnc2Cl)CCO1. The van der Waals surface area contributed by atoms with Gasteiger partial charge < -0.3 is 10.1 Å². The standard InChI is InChI=1S/C11H18ClN3OS/c1-3-11(4-2)7-8(5-6-16-11)13-10-9(12)14-17-15-10/h8H,3-7H2,1-2H3,(H,13,15). The number of halogens is 1. The molecule has 0 bridgehead atoms. The maximum absolute atomic E-state index is 5.94. The van der Waals surface area contributed by atoms with Crippen LogP contribution in [0.2, 0.25) is 5.15 Å². The van der Waals surface area contributed by atoms with Crippen LogP contribution in [-0.2, 0) is 4.74 Å². The maximum atomic E-state index is 5.94. The molecule has 1 aliphatic rings. The Kier molecular flexibility index (Phi) is 4.22. The first-order chi connectivity index (χ1) is 8.19. The maximum Gasteiger partial charge on any atom is 0.186 e. The van der Waals surface area contributed by atoms with Crippen molar-refractivity contribution in [2.75, 3.05) is 11.9 Å². The third-order valence-electron chi connectivity index (χ3n) is 3.57. The second-order valence-electron chi connectivity index (χ2n) is 4.48. The quantitative estimate of drug-likeness (QED) is 0.915. The van der Waals surface area contributed by atoms with Crippen LogP contribution in [0.1, 0.15) is 39.5 Å². The van der Waals surface area contributed by atoms with E-state index in [4.69, 9.17) is 16.3 Å². The Morgan fingerprint density at radius 3 is 2.82 bits per heavy atom. The molecule has 1 aromatic rings. The van der Waals surface area contributed by atoms with Crippen molar-refractivity contribution in [3.8, 4) is 0 Å². The van der Waals surface area contributed by atoms with Gasteiger partial charge in [-0.05, 0) is 25.7 Å². The molecule has 1 aromatic heterocycles. The molecule has 2 rings (SSSR count). The van der Waals surface area contributed by atoms with E-state index in [0.717, 1.165) is 44.0 Å². The average molecular weight is 276 g/mol. The minimum Gasteiger partial charge on any atom is -0.375 e. The van der Waals surface area contributed by atoms with E-state index in [2.05, 4.69) is 27.9 Å². The van der Waals surface area contributed by atoms with Crippen molar-refractivity contribution in [3.63, 3.8) is 0 Å². The van der Waals surface area contributed by atoms with E-state index in [0.29, 0.717) is 17.0 Å². The van der Waals surface area contributed by atoms with Crippen LogP contribution in [0.5, 0.6) is 0 Å².